The normalized spacial score (nSPS) is 14.7. The molecule has 0 fully saturated rings. The van der Waals surface area contributed by atoms with Crippen LogP contribution in [-0.4, -0.2) is 32.1 Å². The minimum absolute atomic E-state index is 0.906. The summed E-state index contributed by atoms with van der Waals surface area (Å²) in [5, 5.41) is 4.33. The number of hydrogen-bond donors (Lipinski definition) is 2. The lowest BCUT2D eigenvalue weighted by Gasteiger charge is -2.05. The maximum atomic E-state index is 9.35. The summed E-state index contributed by atoms with van der Waals surface area (Å²) in [4.78, 5) is 13.7. The molecule has 1 aromatic carbocycles. The van der Waals surface area contributed by atoms with E-state index in [1.165, 1.54) is 11.1 Å². The zero-order valence-electron chi connectivity index (χ0n) is 10.6. The Balaban J connectivity index is 1.79. The van der Waals surface area contributed by atoms with Crippen LogP contribution < -0.4 is 5.32 Å². The van der Waals surface area contributed by atoms with Crippen LogP contribution in [0.15, 0.2) is 29.3 Å². The number of benzene rings is 1. The zero-order chi connectivity index (χ0) is 12.8. The Morgan fingerprint density at radius 1 is 1.33 bits per heavy atom. The summed E-state index contributed by atoms with van der Waals surface area (Å²) >= 11 is 1.77. The number of thioether (sulfide) groups is 1. The van der Waals surface area contributed by atoms with E-state index in [1.807, 2.05) is 6.55 Å². The summed E-state index contributed by atoms with van der Waals surface area (Å²) in [5.74, 6) is 0.967. The fourth-order valence-corrected chi connectivity index (χ4v) is 3.28. The first-order valence-electron chi connectivity index (χ1n) is 6.24. The number of nitrogens with zero attached hydrogens (tertiary/aromatic N) is 1. The van der Waals surface area contributed by atoms with Crippen molar-refractivity contribution in [2.45, 2.75) is 24.8 Å². The van der Waals surface area contributed by atoms with E-state index in [2.05, 4.69) is 34.6 Å². The average Bonchev–Trinajstić information content (AvgIpc) is 2.88. The van der Waals surface area contributed by atoms with Gasteiger partial charge >= 0.3 is 0 Å². The summed E-state index contributed by atoms with van der Waals surface area (Å²) in [6.07, 6.45) is 0.989. The van der Waals surface area contributed by atoms with Crippen LogP contribution in [0.25, 0.3) is 0 Å². The van der Waals surface area contributed by atoms with Crippen LogP contribution in [0.5, 0.6) is 0 Å². The Bertz CT molecular complexity index is 406. The van der Waals surface area contributed by atoms with Crippen molar-refractivity contribution in [2.75, 3.05) is 13.1 Å². The first-order chi connectivity index (χ1) is 8.74. The van der Waals surface area contributed by atoms with Gasteiger partial charge in [0, 0.05) is 12.3 Å². The van der Waals surface area contributed by atoms with Crippen molar-refractivity contribution in [3.8, 4) is 0 Å². The highest BCUT2D eigenvalue weighted by Gasteiger charge is 2.06. The minimum atomic E-state index is -1.09. The molecule has 18 heavy (non-hydrogen) atoms. The average molecular weight is 279 g/mol. The first-order valence-corrected chi connectivity index (χ1v) is 9.38. The van der Waals surface area contributed by atoms with E-state index in [9.17, 15) is 4.80 Å². The van der Waals surface area contributed by atoms with Gasteiger partial charge < -0.3 is 10.1 Å². The van der Waals surface area contributed by atoms with Crippen LogP contribution in [-0.2, 0) is 12.2 Å². The van der Waals surface area contributed by atoms with Crippen molar-refractivity contribution in [3.05, 3.63) is 35.4 Å². The maximum absolute atomic E-state index is 9.35. The number of nitrogens with one attached hydrogen (secondary N) is 1. The summed E-state index contributed by atoms with van der Waals surface area (Å²) in [7, 11) is -1.09. The van der Waals surface area contributed by atoms with Gasteiger partial charge in [-0.2, -0.15) is 0 Å². The first kappa shape index (κ1) is 13.6. The quantitative estimate of drug-likeness (QED) is 0.811. The Morgan fingerprint density at radius 3 is 2.67 bits per heavy atom. The van der Waals surface area contributed by atoms with Gasteiger partial charge in [-0.3, -0.25) is 4.99 Å². The second-order valence-corrected chi connectivity index (χ2v) is 7.39. The van der Waals surface area contributed by atoms with E-state index in [1.54, 1.807) is 11.8 Å². The molecular weight excluding hydrogens is 260 g/mol. The van der Waals surface area contributed by atoms with Crippen LogP contribution in [0.3, 0.4) is 0 Å². The summed E-state index contributed by atoms with van der Waals surface area (Å²) in [6, 6.07) is 9.63. The van der Waals surface area contributed by atoms with Gasteiger partial charge in [0.15, 0.2) is 5.17 Å². The van der Waals surface area contributed by atoms with Gasteiger partial charge in [-0.15, -0.1) is 0 Å². The SMILES string of the molecule is C[Si](O)CCc1ccc(CSC2=NCCN2)cc1. The van der Waals surface area contributed by atoms with Crippen LogP contribution in [0, 0.1) is 0 Å². The molecule has 1 radical (unpaired) electrons. The fraction of sp³-hybridized carbons (Fsp3) is 0.462. The van der Waals surface area contributed by atoms with Gasteiger partial charge in [0.1, 0.15) is 0 Å². The predicted octanol–water partition coefficient (Wildman–Crippen LogP) is 2.04. The van der Waals surface area contributed by atoms with Crippen LogP contribution >= 0.6 is 11.8 Å². The fourth-order valence-electron chi connectivity index (χ4n) is 1.75. The molecule has 1 aromatic rings. The van der Waals surface area contributed by atoms with E-state index < -0.39 is 9.04 Å². The Hall–Kier alpha value is -0.783. The molecule has 0 unspecified atom stereocenters. The standard InChI is InChI=1S/C13H19N2OSSi/c1-18(16)9-6-11-2-4-12(5-3-11)10-17-13-14-7-8-15-13/h2-5,16H,6-10H2,1H3,(H,14,15). The van der Waals surface area contributed by atoms with E-state index in [0.29, 0.717) is 0 Å². The summed E-state index contributed by atoms with van der Waals surface area (Å²) < 4.78 is 0. The zero-order valence-corrected chi connectivity index (χ0v) is 12.5. The Kier molecular flexibility index (Phi) is 5.28. The van der Waals surface area contributed by atoms with E-state index in [-0.39, 0.29) is 0 Å². The molecule has 5 heteroatoms. The van der Waals surface area contributed by atoms with Crippen molar-refractivity contribution in [3.63, 3.8) is 0 Å². The number of aliphatic imine (C=N–C) groups is 1. The maximum Gasteiger partial charge on any atom is 0.204 e. The molecule has 2 rings (SSSR count). The largest absolute Gasteiger partial charge is 0.432 e. The molecule has 3 nitrogen and oxygen atoms in total. The lowest BCUT2D eigenvalue weighted by Crippen LogP contribution is -2.14. The van der Waals surface area contributed by atoms with Crippen molar-refractivity contribution < 1.29 is 4.80 Å². The van der Waals surface area contributed by atoms with Gasteiger partial charge in [-0.1, -0.05) is 36.0 Å². The highest BCUT2D eigenvalue weighted by Crippen LogP contribution is 2.16. The minimum Gasteiger partial charge on any atom is -0.432 e. The molecule has 0 spiro atoms. The molecule has 0 amide bonds. The van der Waals surface area contributed by atoms with Gasteiger partial charge in [0.2, 0.25) is 9.04 Å². The highest BCUT2D eigenvalue weighted by molar-refractivity contribution is 8.13. The predicted molar refractivity (Wildman–Crippen MR) is 80.4 cm³/mol. The molecule has 97 valence electrons. The molecule has 0 saturated heterocycles. The molecule has 0 aliphatic carbocycles. The van der Waals surface area contributed by atoms with E-state index >= 15 is 0 Å². The molecule has 0 atom stereocenters. The van der Waals surface area contributed by atoms with E-state index in [4.69, 9.17) is 0 Å². The van der Waals surface area contributed by atoms with Gasteiger partial charge in [0.25, 0.3) is 0 Å². The number of rotatable bonds is 5. The third-order valence-corrected chi connectivity index (χ3v) is 4.82. The smallest absolute Gasteiger partial charge is 0.204 e. The Morgan fingerprint density at radius 2 is 2.06 bits per heavy atom. The van der Waals surface area contributed by atoms with Gasteiger partial charge in [-0.25, -0.2) is 0 Å². The second kappa shape index (κ2) is 6.97. The lowest BCUT2D eigenvalue weighted by atomic mass is 10.1. The molecule has 2 N–H and O–H groups in total. The van der Waals surface area contributed by atoms with Crippen LogP contribution in [0.2, 0.25) is 12.6 Å². The number of aryl methyl sites for hydroxylation is 1. The van der Waals surface area contributed by atoms with Gasteiger partial charge in [-0.05, 0) is 30.1 Å². The molecule has 0 saturated carbocycles. The molecule has 0 aromatic heterocycles. The number of hydrogen-bond acceptors (Lipinski definition) is 4. The lowest BCUT2D eigenvalue weighted by molar-refractivity contribution is 0.575. The summed E-state index contributed by atoms with van der Waals surface area (Å²) in [5.41, 5.74) is 2.64. The molecular formula is C13H19N2OSSi. The number of amidine groups is 1. The molecule has 1 aliphatic rings. The van der Waals surface area contributed by atoms with Crippen LogP contribution in [0.1, 0.15) is 11.1 Å². The van der Waals surface area contributed by atoms with Crippen molar-refractivity contribution >= 4 is 26.0 Å². The van der Waals surface area contributed by atoms with E-state index in [0.717, 1.165) is 36.5 Å². The third-order valence-electron chi connectivity index (χ3n) is 2.82. The van der Waals surface area contributed by atoms with Crippen molar-refractivity contribution in [1.82, 2.24) is 5.32 Å². The highest BCUT2D eigenvalue weighted by atomic mass is 32.2. The van der Waals surface area contributed by atoms with Gasteiger partial charge in [0.05, 0.1) is 6.54 Å². The van der Waals surface area contributed by atoms with Crippen molar-refractivity contribution in [2.24, 2.45) is 4.99 Å². The second-order valence-electron chi connectivity index (χ2n) is 4.45. The molecule has 1 aliphatic heterocycles. The topological polar surface area (TPSA) is 44.6 Å². The third kappa shape index (κ3) is 4.47. The van der Waals surface area contributed by atoms with Crippen molar-refractivity contribution in [1.29, 1.82) is 0 Å². The monoisotopic (exact) mass is 279 g/mol. The molecule has 0 bridgehead atoms. The van der Waals surface area contributed by atoms with Crippen LogP contribution in [0.4, 0.5) is 0 Å². The Labute approximate surface area is 114 Å². The summed E-state index contributed by atoms with van der Waals surface area (Å²) in [6.45, 7) is 3.82. The molecule has 1 heterocycles.